The van der Waals surface area contributed by atoms with Crippen LogP contribution in [0, 0.1) is 0 Å². The Kier molecular flexibility index (Phi) is 3.92. The lowest BCUT2D eigenvalue weighted by molar-refractivity contribution is -0.205. The van der Waals surface area contributed by atoms with Crippen LogP contribution in [0.1, 0.15) is 0 Å². The molecule has 6 N–H and O–H groups in total. The van der Waals surface area contributed by atoms with Gasteiger partial charge in [-0.2, -0.15) is 0 Å². The maximum Gasteiger partial charge on any atom is 0.145 e. The van der Waals surface area contributed by atoms with Crippen molar-refractivity contribution in [1.82, 2.24) is 0 Å². The third kappa shape index (κ3) is 2.13. The first-order valence-corrected chi connectivity index (χ1v) is 4.72. The summed E-state index contributed by atoms with van der Waals surface area (Å²) < 4.78 is 5.01. The lowest BCUT2D eigenvalue weighted by atomic mass is 10.0. The van der Waals surface area contributed by atoms with E-state index in [1.807, 2.05) is 0 Å². The van der Waals surface area contributed by atoms with E-state index in [4.69, 9.17) is 15.0 Å². The standard InChI is InChI=1S/C6H13NO5S/c7-13-6-5(11)4(10)3(9)2(1-8)12-6/h2-6,8-11H,1,7H2/t2-,3-,4+,5-,6?/m1/s1. The highest BCUT2D eigenvalue weighted by molar-refractivity contribution is 7.97. The molecular formula is C6H13NO5S. The van der Waals surface area contributed by atoms with Gasteiger partial charge in [0.05, 0.1) is 6.61 Å². The molecule has 1 aliphatic heterocycles. The summed E-state index contributed by atoms with van der Waals surface area (Å²) in [5.41, 5.74) is -0.824. The van der Waals surface area contributed by atoms with Crippen LogP contribution in [0.5, 0.6) is 0 Å². The van der Waals surface area contributed by atoms with Crippen LogP contribution in [-0.2, 0) is 4.74 Å². The fourth-order valence-electron chi connectivity index (χ4n) is 1.18. The Morgan fingerprint density at radius 1 is 1.15 bits per heavy atom. The molecule has 78 valence electrons. The Morgan fingerprint density at radius 3 is 2.23 bits per heavy atom. The van der Waals surface area contributed by atoms with Crippen LogP contribution in [0.25, 0.3) is 0 Å². The van der Waals surface area contributed by atoms with E-state index >= 15 is 0 Å². The van der Waals surface area contributed by atoms with Gasteiger partial charge in [0.25, 0.3) is 0 Å². The average molecular weight is 211 g/mol. The van der Waals surface area contributed by atoms with Gasteiger partial charge in [-0.15, -0.1) is 0 Å². The zero-order valence-corrected chi connectivity index (χ0v) is 7.59. The number of hydrogen-bond donors (Lipinski definition) is 5. The van der Waals surface area contributed by atoms with Gasteiger partial charge in [-0.25, -0.2) is 0 Å². The van der Waals surface area contributed by atoms with E-state index < -0.39 is 36.5 Å². The fourth-order valence-corrected chi connectivity index (χ4v) is 1.71. The molecule has 0 spiro atoms. The van der Waals surface area contributed by atoms with Crippen LogP contribution in [0.4, 0.5) is 0 Å². The predicted molar refractivity (Wildman–Crippen MR) is 45.5 cm³/mol. The topological polar surface area (TPSA) is 116 Å². The molecule has 0 amide bonds. The van der Waals surface area contributed by atoms with Crippen molar-refractivity contribution in [2.75, 3.05) is 6.61 Å². The maximum absolute atomic E-state index is 9.30. The zero-order chi connectivity index (χ0) is 10.0. The molecule has 0 aromatic carbocycles. The molecule has 0 aromatic rings. The van der Waals surface area contributed by atoms with Crippen LogP contribution in [0.2, 0.25) is 0 Å². The second-order valence-corrected chi connectivity index (χ2v) is 3.57. The predicted octanol–water partition coefficient (Wildman–Crippen LogP) is -2.61. The van der Waals surface area contributed by atoms with Crippen LogP contribution < -0.4 is 5.14 Å². The highest BCUT2D eigenvalue weighted by Crippen LogP contribution is 2.25. The summed E-state index contributed by atoms with van der Waals surface area (Å²) in [4.78, 5) is 0. The van der Waals surface area contributed by atoms with Gasteiger partial charge in [0.1, 0.15) is 29.9 Å². The van der Waals surface area contributed by atoms with Crippen LogP contribution in [-0.4, -0.2) is 56.9 Å². The maximum atomic E-state index is 9.30. The van der Waals surface area contributed by atoms with Crippen LogP contribution in [0.3, 0.4) is 0 Å². The highest BCUT2D eigenvalue weighted by Gasteiger charge is 2.43. The van der Waals surface area contributed by atoms with Gasteiger partial charge in [-0.05, 0) is 11.9 Å². The molecule has 0 aliphatic carbocycles. The SMILES string of the molecule is NSC1O[C@H](CO)[C@@H](O)[C@H](O)[C@H]1O. The number of rotatable bonds is 2. The molecule has 13 heavy (non-hydrogen) atoms. The van der Waals surface area contributed by atoms with E-state index in [1.165, 1.54) is 0 Å². The van der Waals surface area contributed by atoms with E-state index in [9.17, 15) is 15.3 Å². The van der Waals surface area contributed by atoms with Crippen LogP contribution >= 0.6 is 11.9 Å². The Hall–Kier alpha value is 0.110. The van der Waals surface area contributed by atoms with Crippen molar-refractivity contribution in [1.29, 1.82) is 0 Å². The molecule has 6 nitrogen and oxygen atoms in total. The summed E-state index contributed by atoms with van der Waals surface area (Å²) in [7, 11) is 0. The largest absolute Gasteiger partial charge is 0.394 e. The van der Waals surface area contributed by atoms with E-state index in [-0.39, 0.29) is 0 Å². The van der Waals surface area contributed by atoms with E-state index in [2.05, 4.69) is 0 Å². The molecule has 1 rings (SSSR count). The molecule has 1 aliphatic rings. The van der Waals surface area contributed by atoms with Crippen molar-refractivity contribution in [3.63, 3.8) is 0 Å². The van der Waals surface area contributed by atoms with Crippen molar-refractivity contribution >= 4 is 11.9 Å². The molecule has 7 heteroatoms. The van der Waals surface area contributed by atoms with Crippen molar-refractivity contribution in [2.45, 2.75) is 29.9 Å². The summed E-state index contributed by atoms with van der Waals surface area (Å²) in [6, 6.07) is 0. The average Bonchev–Trinajstić information content (AvgIpc) is 2.15. The zero-order valence-electron chi connectivity index (χ0n) is 6.78. The molecule has 0 bridgehead atoms. The van der Waals surface area contributed by atoms with Crippen molar-refractivity contribution < 1.29 is 25.2 Å². The van der Waals surface area contributed by atoms with Crippen molar-refractivity contribution in [2.24, 2.45) is 5.14 Å². The molecule has 1 unspecified atom stereocenters. The Balaban J connectivity index is 2.66. The smallest absolute Gasteiger partial charge is 0.145 e. The highest BCUT2D eigenvalue weighted by atomic mass is 32.2. The van der Waals surface area contributed by atoms with Gasteiger partial charge in [-0.3, -0.25) is 5.14 Å². The van der Waals surface area contributed by atoms with Crippen LogP contribution in [0.15, 0.2) is 0 Å². The molecule has 0 saturated carbocycles. The monoisotopic (exact) mass is 211 g/mol. The van der Waals surface area contributed by atoms with Crippen molar-refractivity contribution in [3.8, 4) is 0 Å². The number of aliphatic hydroxyl groups excluding tert-OH is 4. The molecular weight excluding hydrogens is 198 g/mol. The van der Waals surface area contributed by atoms with Gasteiger partial charge in [0.15, 0.2) is 0 Å². The second-order valence-electron chi connectivity index (χ2n) is 2.83. The normalized spacial score (nSPS) is 46.4. The minimum atomic E-state index is -1.34. The Morgan fingerprint density at radius 2 is 1.77 bits per heavy atom. The van der Waals surface area contributed by atoms with E-state index in [0.717, 1.165) is 11.9 Å². The van der Waals surface area contributed by atoms with E-state index in [0.29, 0.717) is 0 Å². The minimum Gasteiger partial charge on any atom is -0.394 e. The molecule has 5 atom stereocenters. The first kappa shape index (κ1) is 11.2. The Labute approximate surface area is 79.4 Å². The Bertz CT molecular complexity index is 151. The third-order valence-corrected chi connectivity index (χ3v) is 2.64. The quantitative estimate of drug-likeness (QED) is 0.318. The fraction of sp³-hybridized carbons (Fsp3) is 1.00. The number of ether oxygens (including phenoxy) is 1. The summed E-state index contributed by atoms with van der Waals surface area (Å²) >= 11 is 0.724. The number of nitrogens with two attached hydrogens (primary N) is 1. The van der Waals surface area contributed by atoms with Gasteiger partial charge >= 0.3 is 0 Å². The van der Waals surface area contributed by atoms with Gasteiger partial charge in [0.2, 0.25) is 0 Å². The molecule has 1 heterocycles. The van der Waals surface area contributed by atoms with Gasteiger partial charge in [-0.1, -0.05) is 0 Å². The summed E-state index contributed by atoms with van der Waals surface area (Å²) in [6.45, 7) is -0.429. The summed E-state index contributed by atoms with van der Waals surface area (Å²) in [5.74, 6) is 0. The molecule has 1 fully saturated rings. The van der Waals surface area contributed by atoms with E-state index in [1.54, 1.807) is 0 Å². The second kappa shape index (κ2) is 4.56. The first-order chi connectivity index (χ1) is 6.11. The number of aliphatic hydroxyl groups is 4. The van der Waals surface area contributed by atoms with Crippen molar-refractivity contribution in [3.05, 3.63) is 0 Å². The number of hydrogen-bond acceptors (Lipinski definition) is 7. The molecule has 0 radical (unpaired) electrons. The summed E-state index contributed by atoms with van der Waals surface area (Å²) in [6.07, 6.45) is -4.78. The van der Waals surface area contributed by atoms with Gasteiger partial charge < -0.3 is 25.2 Å². The first-order valence-electron chi connectivity index (χ1n) is 3.78. The lowest BCUT2D eigenvalue weighted by Crippen LogP contribution is -2.57. The van der Waals surface area contributed by atoms with Gasteiger partial charge in [0, 0.05) is 0 Å². The molecule has 1 saturated heterocycles. The lowest BCUT2D eigenvalue weighted by Gasteiger charge is -2.38. The summed E-state index contributed by atoms with van der Waals surface area (Å²) in [5, 5.41) is 41.8. The third-order valence-electron chi connectivity index (χ3n) is 1.98. The minimum absolute atomic E-state index is 0.429. The molecule has 0 aromatic heterocycles.